The molecule has 0 aliphatic carbocycles. The number of hydrogen-bond donors (Lipinski definition) is 3. The number of aromatic nitrogens is 3. The number of nitrogens with one attached hydrogen (secondary N) is 2. The van der Waals surface area contributed by atoms with E-state index in [2.05, 4.69) is 45.2 Å². The van der Waals surface area contributed by atoms with Crippen LogP contribution in [0.5, 0.6) is 5.75 Å². The van der Waals surface area contributed by atoms with Crippen LogP contribution in [0.4, 0.5) is 44.7 Å². The average molecular weight is 866 g/mol. The second-order valence-corrected chi connectivity index (χ2v) is 15.6. The van der Waals surface area contributed by atoms with Crippen molar-refractivity contribution >= 4 is 94.2 Å². The number of benzene rings is 5. The molecule has 0 radical (unpaired) electrons. The quantitative estimate of drug-likeness (QED) is 0.0202. The van der Waals surface area contributed by atoms with Gasteiger partial charge in [0.2, 0.25) is 11.9 Å². The Labute approximate surface area is 395 Å². The van der Waals surface area contributed by atoms with Crippen molar-refractivity contribution in [1.82, 2.24) is 19.4 Å². The van der Waals surface area contributed by atoms with Crippen molar-refractivity contribution in [3.05, 3.63) is 84.9 Å². The maximum absolute atomic E-state index is 14.5. The van der Waals surface area contributed by atoms with Crippen LogP contribution in [0.25, 0.3) is 21.5 Å². The standard InChI is InChI=1S/C32H27FN8O10S3.3Na/c1-41(2,3)20-10-7-18(8-11-20)34-31-36-30(33)37-32(38-31)35-19-9-12-21-17(15-19)16-25(52-51-50-43)27(28(21)42)40-39-24-14-13-22-23(29(24)54(47,48)49)5-4-6-26(22)53(44,45)46;;;/h4-16H,1-3H3,(H5-,34,35,36,37,38,42,43,44,45,46,47,48,49);;;/q;3*+1/p-2. The van der Waals surface area contributed by atoms with Crippen molar-refractivity contribution in [3.8, 4) is 5.75 Å². The number of phenols is 1. The van der Waals surface area contributed by atoms with E-state index in [1.165, 1.54) is 24.3 Å². The normalized spacial score (nSPS) is 11.8. The van der Waals surface area contributed by atoms with Crippen LogP contribution in [-0.4, -0.2) is 67.1 Å². The molecule has 1 heterocycles. The molecule has 280 valence electrons. The van der Waals surface area contributed by atoms with E-state index in [9.17, 15) is 40.7 Å². The molecule has 0 unspecified atom stereocenters. The number of anilines is 4. The van der Waals surface area contributed by atoms with Gasteiger partial charge in [-0.05, 0) is 53.9 Å². The molecular weight excluding hydrogens is 841 g/mol. The summed E-state index contributed by atoms with van der Waals surface area (Å²) in [5, 5.41) is 38.7. The van der Waals surface area contributed by atoms with Crippen LogP contribution in [0.15, 0.2) is 104 Å². The zero-order valence-corrected chi connectivity index (χ0v) is 39.4. The first-order valence-electron chi connectivity index (χ1n) is 15.1. The summed E-state index contributed by atoms with van der Waals surface area (Å²) in [7, 11) is -4.39. The minimum atomic E-state index is -5.36. The van der Waals surface area contributed by atoms with Gasteiger partial charge in [0.15, 0.2) is 5.75 Å². The van der Waals surface area contributed by atoms with E-state index in [0.717, 1.165) is 36.0 Å². The maximum Gasteiger partial charge on any atom is 1.00 e. The Kier molecular flexibility index (Phi) is 17.0. The molecule has 0 saturated carbocycles. The molecule has 0 aliphatic heterocycles. The predicted octanol–water partition coefficient (Wildman–Crippen LogP) is -3.83. The Balaban J connectivity index is 0.00000290. The van der Waals surface area contributed by atoms with Crippen LogP contribution < -0.4 is 109 Å². The summed E-state index contributed by atoms with van der Waals surface area (Å²) in [6, 6.07) is 18.4. The average Bonchev–Trinajstić information content (AvgIpc) is 3.08. The van der Waals surface area contributed by atoms with Gasteiger partial charge in [0.05, 0.1) is 47.9 Å². The van der Waals surface area contributed by atoms with Crippen molar-refractivity contribution in [2.45, 2.75) is 14.7 Å². The molecule has 0 bridgehead atoms. The molecule has 1 aromatic heterocycles. The summed E-state index contributed by atoms with van der Waals surface area (Å²) >= 11 is 0.303. The molecule has 0 fully saturated rings. The number of aromatic hydroxyl groups is 1. The molecule has 3 N–H and O–H groups in total. The Hall–Kier alpha value is -2.43. The molecule has 0 spiro atoms. The van der Waals surface area contributed by atoms with Crippen molar-refractivity contribution in [2.75, 3.05) is 31.8 Å². The maximum atomic E-state index is 14.5. The van der Waals surface area contributed by atoms with E-state index in [1.54, 1.807) is 12.1 Å². The van der Waals surface area contributed by atoms with Crippen LogP contribution in [-0.2, 0) is 29.6 Å². The fourth-order valence-corrected chi connectivity index (χ4v) is 7.30. The van der Waals surface area contributed by atoms with Crippen LogP contribution in [0.3, 0.4) is 0 Å². The first-order valence-corrected chi connectivity index (χ1v) is 18.7. The molecule has 5 aromatic carbocycles. The number of quaternary nitrogens is 1. The molecule has 57 heavy (non-hydrogen) atoms. The number of hydrogen-bond acceptors (Lipinski definition) is 18. The SMILES string of the molecule is C[N+](C)(C)c1ccc(Nc2nc(F)nc(Nc3ccc4c(O)c(N=Nc5ccc6c(S(=O)(=O)[O-])cccc6c5S(=O)(=O)[O-])c(SOO[O-])cc4c3)n2)cc1.[Na+].[Na+].[Na+]. The topological polar surface area (TPSA) is 264 Å². The van der Waals surface area contributed by atoms with Crippen LogP contribution in [0, 0.1) is 6.08 Å². The van der Waals surface area contributed by atoms with Crippen molar-refractivity contribution < 1.29 is 139 Å². The van der Waals surface area contributed by atoms with Gasteiger partial charge in [-0.15, -0.1) is 10.2 Å². The van der Waals surface area contributed by atoms with Gasteiger partial charge >= 0.3 is 94.8 Å². The Morgan fingerprint density at radius 1 is 0.772 bits per heavy atom. The van der Waals surface area contributed by atoms with Crippen LogP contribution >= 0.6 is 12.0 Å². The summed E-state index contributed by atoms with van der Waals surface area (Å²) in [6.07, 6.45) is -1.07. The summed E-state index contributed by atoms with van der Waals surface area (Å²) < 4.78 is 91.9. The molecule has 6 aromatic rings. The van der Waals surface area contributed by atoms with E-state index >= 15 is 0 Å². The van der Waals surface area contributed by atoms with Gasteiger partial charge in [0.25, 0.3) is 0 Å². The fourth-order valence-electron chi connectivity index (χ4n) is 5.31. The Morgan fingerprint density at radius 3 is 1.98 bits per heavy atom. The zero-order valence-electron chi connectivity index (χ0n) is 30.9. The van der Waals surface area contributed by atoms with Crippen LogP contribution in [0.2, 0.25) is 0 Å². The van der Waals surface area contributed by atoms with Crippen molar-refractivity contribution in [2.24, 2.45) is 10.2 Å². The predicted molar refractivity (Wildman–Crippen MR) is 190 cm³/mol. The Bertz CT molecular complexity index is 2700. The number of rotatable bonds is 12. The molecule has 0 saturated heterocycles. The van der Waals surface area contributed by atoms with E-state index in [-0.39, 0.29) is 122 Å². The van der Waals surface area contributed by atoms with E-state index in [4.69, 9.17) is 0 Å². The molecule has 25 heteroatoms. The van der Waals surface area contributed by atoms with Crippen molar-refractivity contribution in [3.63, 3.8) is 0 Å². The third-order valence-corrected chi connectivity index (χ3v) is 10.1. The smallest absolute Gasteiger partial charge is 0.744 e. The molecule has 0 amide bonds. The molecule has 18 nitrogen and oxygen atoms in total. The number of nitrogens with zero attached hydrogens (tertiary/aromatic N) is 6. The van der Waals surface area contributed by atoms with Gasteiger partial charge in [-0.3, -0.25) is 9.52 Å². The minimum Gasteiger partial charge on any atom is -0.744 e. The number of phenolic OH excluding ortho intramolecular Hbond substituents is 1. The summed E-state index contributed by atoms with van der Waals surface area (Å²) in [6.45, 7) is 0. The van der Waals surface area contributed by atoms with Crippen LogP contribution in [0.1, 0.15) is 0 Å². The van der Waals surface area contributed by atoms with E-state index in [0.29, 0.717) is 33.3 Å². The van der Waals surface area contributed by atoms with E-state index in [1.807, 2.05) is 33.3 Å². The monoisotopic (exact) mass is 865 g/mol. The number of halogens is 1. The third-order valence-electron chi connectivity index (χ3n) is 7.69. The van der Waals surface area contributed by atoms with Crippen molar-refractivity contribution in [1.29, 1.82) is 0 Å². The third kappa shape index (κ3) is 11.7. The summed E-state index contributed by atoms with van der Waals surface area (Å²) in [4.78, 5) is 9.80. The zero-order chi connectivity index (χ0) is 39.0. The fraction of sp³-hybridized carbons (Fsp3) is 0.0938. The van der Waals surface area contributed by atoms with Gasteiger partial charge in [0, 0.05) is 39.7 Å². The molecule has 6 rings (SSSR count). The van der Waals surface area contributed by atoms with Gasteiger partial charge in [-0.2, -0.15) is 23.7 Å². The minimum absolute atomic E-state index is 0. The van der Waals surface area contributed by atoms with Gasteiger partial charge in [-0.25, -0.2) is 16.8 Å². The molecule has 0 aliphatic rings. The first kappa shape index (κ1) is 48.9. The first-order chi connectivity index (χ1) is 25.4. The van der Waals surface area contributed by atoms with E-state index < -0.39 is 52.9 Å². The Morgan fingerprint density at radius 2 is 1.39 bits per heavy atom. The van der Waals surface area contributed by atoms with Gasteiger partial charge in [-0.1, -0.05) is 18.2 Å². The molecular formula is C32H25FN8Na3O10S3+. The summed E-state index contributed by atoms with van der Waals surface area (Å²) in [5.74, 6) is -0.792. The summed E-state index contributed by atoms with van der Waals surface area (Å²) in [5.41, 5.74) is 1.02. The largest absolute Gasteiger partial charge is 1.00 e. The van der Waals surface area contributed by atoms with Gasteiger partial charge < -0.3 is 30.1 Å². The molecule has 0 atom stereocenters. The second-order valence-electron chi connectivity index (χ2n) is 12.2. The second kappa shape index (κ2) is 19.8. The number of azo groups is 1. The number of fused-ring (bicyclic) bond motifs is 2. The van der Waals surface area contributed by atoms with Gasteiger partial charge in [0.1, 0.15) is 37.3 Å².